The average molecular weight is 227 g/mol. The van der Waals surface area contributed by atoms with Gasteiger partial charge < -0.3 is 0 Å². The van der Waals surface area contributed by atoms with Gasteiger partial charge in [-0.05, 0) is 36.5 Å². The van der Waals surface area contributed by atoms with Crippen molar-refractivity contribution in [2.45, 2.75) is 31.6 Å². The maximum absolute atomic E-state index is 12.8. The van der Waals surface area contributed by atoms with E-state index in [9.17, 15) is 9.18 Å². The lowest BCUT2D eigenvalue weighted by atomic mass is 9.83. The monoisotopic (exact) mass is 226 g/mol. The van der Waals surface area contributed by atoms with Crippen LogP contribution in [0.1, 0.15) is 37.2 Å². The summed E-state index contributed by atoms with van der Waals surface area (Å²) >= 11 is 5.97. The summed E-state index contributed by atoms with van der Waals surface area (Å²) < 4.78 is 12.8. The Hall–Kier alpha value is -0.890. The van der Waals surface area contributed by atoms with Gasteiger partial charge in [0.2, 0.25) is 0 Å². The Labute approximate surface area is 93.2 Å². The summed E-state index contributed by atoms with van der Waals surface area (Å²) in [4.78, 5) is 11.1. The largest absolute Gasteiger partial charge is 0.300 e. The molecule has 1 aromatic carbocycles. The first kappa shape index (κ1) is 10.6. The molecule has 0 heterocycles. The first-order valence-corrected chi connectivity index (χ1v) is 5.51. The van der Waals surface area contributed by atoms with E-state index in [2.05, 4.69) is 0 Å². The lowest BCUT2D eigenvalue weighted by Crippen LogP contribution is -2.12. The molecule has 0 unspecified atom stereocenters. The van der Waals surface area contributed by atoms with Crippen LogP contribution in [-0.4, -0.2) is 5.78 Å². The SMILES string of the molecule is O=C1CCC(c2ccc(F)cc2Cl)CC1. The second-order valence-electron chi connectivity index (χ2n) is 3.98. The quantitative estimate of drug-likeness (QED) is 0.714. The summed E-state index contributed by atoms with van der Waals surface area (Å²) in [6.45, 7) is 0. The van der Waals surface area contributed by atoms with Crippen LogP contribution in [0.4, 0.5) is 4.39 Å². The topological polar surface area (TPSA) is 17.1 Å². The number of halogens is 2. The molecule has 0 bridgehead atoms. The molecule has 1 aromatic rings. The van der Waals surface area contributed by atoms with Crippen LogP contribution in [-0.2, 0) is 4.79 Å². The molecule has 0 amide bonds. The van der Waals surface area contributed by atoms with Gasteiger partial charge in [0, 0.05) is 17.9 Å². The molecular formula is C12H12ClFO. The number of rotatable bonds is 1. The van der Waals surface area contributed by atoms with Crippen LogP contribution in [0.25, 0.3) is 0 Å². The number of carbonyl (C=O) groups is 1. The Kier molecular flexibility index (Phi) is 3.06. The molecule has 1 aliphatic rings. The van der Waals surface area contributed by atoms with Crippen LogP contribution in [0.5, 0.6) is 0 Å². The van der Waals surface area contributed by atoms with Crippen LogP contribution in [0.2, 0.25) is 5.02 Å². The van der Waals surface area contributed by atoms with Gasteiger partial charge in [-0.2, -0.15) is 0 Å². The summed E-state index contributed by atoms with van der Waals surface area (Å²) in [6, 6.07) is 4.50. The zero-order valence-electron chi connectivity index (χ0n) is 8.30. The highest BCUT2D eigenvalue weighted by atomic mass is 35.5. The van der Waals surface area contributed by atoms with E-state index < -0.39 is 0 Å². The lowest BCUT2D eigenvalue weighted by Gasteiger charge is -2.22. The number of carbonyl (C=O) groups excluding carboxylic acids is 1. The van der Waals surface area contributed by atoms with E-state index in [1.165, 1.54) is 12.1 Å². The minimum atomic E-state index is -0.310. The molecule has 3 heteroatoms. The molecule has 15 heavy (non-hydrogen) atoms. The Balaban J connectivity index is 2.19. The van der Waals surface area contributed by atoms with Gasteiger partial charge in [-0.15, -0.1) is 0 Å². The first-order valence-electron chi connectivity index (χ1n) is 5.13. The van der Waals surface area contributed by atoms with Crippen LogP contribution >= 0.6 is 11.6 Å². The fourth-order valence-corrected chi connectivity index (χ4v) is 2.40. The van der Waals surface area contributed by atoms with Gasteiger partial charge in [0.15, 0.2) is 0 Å². The van der Waals surface area contributed by atoms with Gasteiger partial charge in [0.05, 0.1) is 0 Å². The van der Waals surface area contributed by atoms with Crippen molar-refractivity contribution in [1.82, 2.24) is 0 Å². The highest BCUT2D eigenvalue weighted by molar-refractivity contribution is 6.31. The first-order chi connectivity index (χ1) is 7.16. The molecular weight excluding hydrogens is 215 g/mol. The van der Waals surface area contributed by atoms with Crippen LogP contribution in [0.15, 0.2) is 18.2 Å². The fraction of sp³-hybridized carbons (Fsp3) is 0.417. The molecule has 1 saturated carbocycles. The molecule has 0 radical (unpaired) electrons. The van der Waals surface area contributed by atoms with Crippen LogP contribution in [0, 0.1) is 5.82 Å². The molecule has 1 fully saturated rings. The zero-order chi connectivity index (χ0) is 10.8. The number of hydrogen-bond acceptors (Lipinski definition) is 1. The minimum Gasteiger partial charge on any atom is -0.300 e. The average Bonchev–Trinajstić information content (AvgIpc) is 2.20. The summed E-state index contributed by atoms with van der Waals surface area (Å²) in [5.41, 5.74) is 0.977. The minimum absolute atomic E-state index is 0.310. The van der Waals surface area contributed by atoms with E-state index in [1.54, 1.807) is 6.07 Å². The third-order valence-corrected chi connectivity index (χ3v) is 3.27. The highest BCUT2D eigenvalue weighted by Gasteiger charge is 2.21. The molecule has 2 rings (SSSR count). The summed E-state index contributed by atoms with van der Waals surface area (Å²) in [5.74, 6) is 0.330. The van der Waals surface area contributed by atoms with Gasteiger partial charge in [-0.1, -0.05) is 17.7 Å². The van der Waals surface area contributed by atoms with E-state index >= 15 is 0 Å². The molecule has 0 spiro atoms. The van der Waals surface area contributed by atoms with Crippen molar-refractivity contribution in [1.29, 1.82) is 0 Å². The second kappa shape index (κ2) is 4.31. The van der Waals surface area contributed by atoms with Crippen molar-refractivity contribution in [3.8, 4) is 0 Å². The smallest absolute Gasteiger partial charge is 0.132 e. The third-order valence-electron chi connectivity index (χ3n) is 2.95. The predicted octanol–water partition coefficient (Wildman–Crippen LogP) is 3.71. The van der Waals surface area contributed by atoms with Crippen LogP contribution < -0.4 is 0 Å². The van der Waals surface area contributed by atoms with Crippen molar-refractivity contribution in [3.63, 3.8) is 0 Å². The zero-order valence-corrected chi connectivity index (χ0v) is 9.06. The maximum atomic E-state index is 12.8. The van der Waals surface area contributed by atoms with Gasteiger partial charge in [0.25, 0.3) is 0 Å². The predicted molar refractivity (Wildman–Crippen MR) is 57.6 cm³/mol. The maximum Gasteiger partial charge on any atom is 0.132 e. The number of benzene rings is 1. The van der Waals surface area contributed by atoms with Gasteiger partial charge in [-0.25, -0.2) is 4.39 Å². The van der Waals surface area contributed by atoms with Crippen molar-refractivity contribution in [2.75, 3.05) is 0 Å². The molecule has 0 saturated heterocycles. The second-order valence-corrected chi connectivity index (χ2v) is 4.39. The Bertz CT molecular complexity index is 379. The van der Waals surface area contributed by atoms with Crippen molar-refractivity contribution in [2.24, 2.45) is 0 Å². The Morgan fingerprint density at radius 3 is 2.53 bits per heavy atom. The van der Waals surface area contributed by atoms with E-state index in [0.717, 1.165) is 18.4 Å². The van der Waals surface area contributed by atoms with Gasteiger partial charge in [0.1, 0.15) is 11.6 Å². The number of Topliss-reactive ketones (excluding diaryl/α,β-unsaturated/α-hetero) is 1. The number of ketones is 1. The molecule has 0 aromatic heterocycles. The molecule has 1 nitrogen and oxygen atoms in total. The fourth-order valence-electron chi connectivity index (χ4n) is 2.08. The van der Waals surface area contributed by atoms with Crippen molar-refractivity contribution < 1.29 is 9.18 Å². The lowest BCUT2D eigenvalue weighted by molar-refractivity contribution is -0.120. The number of hydrogen-bond donors (Lipinski definition) is 0. The Morgan fingerprint density at radius 1 is 1.27 bits per heavy atom. The molecule has 1 aliphatic carbocycles. The Morgan fingerprint density at radius 2 is 1.93 bits per heavy atom. The van der Waals surface area contributed by atoms with Crippen LogP contribution in [0.3, 0.4) is 0 Å². The summed E-state index contributed by atoms with van der Waals surface area (Å²) in [7, 11) is 0. The summed E-state index contributed by atoms with van der Waals surface area (Å²) in [5, 5.41) is 0.481. The third kappa shape index (κ3) is 2.37. The van der Waals surface area contributed by atoms with Gasteiger partial charge in [-0.3, -0.25) is 4.79 Å². The molecule has 0 aliphatic heterocycles. The van der Waals surface area contributed by atoms with Crippen molar-refractivity contribution in [3.05, 3.63) is 34.6 Å². The van der Waals surface area contributed by atoms with Crippen molar-refractivity contribution >= 4 is 17.4 Å². The summed E-state index contributed by atoms with van der Waals surface area (Å²) in [6.07, 6.45) is 2.92. The molecule has 0 N–H and O–H groups in total. The van der Waals surface area contributed by atoms with E-state index in [0.29, 0.717) is 29.6 Å². The van der Waals surface area contributed by atoms with Gasteiger partial charge >= 0.3 is 0 Å². The molecule has 80 valence electrons. The highest BCUT2D eigenvalue weighted by Crippen LogP contribution is 2.35. The van der Waals surface area contributed by atoms with E-state index in [1.807, 2.05) is 0 Å². The van der Waals surface area contributed by atoms with E-state index in [4.69, 9.17) is 11.6 Å². The van der Waals surface area contributed by atoms with E-state index in [-0.39, 0.29) is 5.82 Å². The normalized spacial score (nSPS) is 18.1. The molecule has 0 atom stereocenters. The standard InChI is InChI=1S/C12H12ClFO/c13-12-7-9(14)3-6-11(12)8-1-4-10(15)5-2-8/h3,6-8H,1-2,4-5H2.